The molecule has 2 rings (SSSR count). The number of nitrogens with two attached hydrogens (primary N) is 1. The maximum atomic E-state index is 10.1. The predicted octanol–water partition coefficient (Wildman–Crippen LogP) is 2.45. The summed E-state index contributed by atoms with van der Waals surface area (Å²) >= 11 is 0. The molecule has 3 heteroatoms. The van der Waals surface area contributed by atoms with E-state index < -0.39 is 5.60 Å². The van der Waals surface area contributed by atoms with Crippen molar-refractivity contribution in [2.45, 2.75) is 44.8 Å². The molecule has 1 heterocycles. The van der Waals surface area contributed by atoms with E-state index in [1.54, 1.807) is 0 Å². The van der Waals surface area contributed by atoms with Crippen molar-refractivity contribution in [3.8, 4) is 0 Å². The summed E-state index contributed by atoms with van der Waals surface area (Å²) in [6.07, 6.45) is 2.89. The summed E-state index contributed by atoms with van der Waals surface area (Å²) in [5.41, 5.74) is 7.82. The Hall–Kier alpha value is -1.06. The van der Waals surface area contributed by atoms with Gasteiger partial charge in [0.1, 0.15) is 0 Å². The van der Waals surface area contributed by atoms with Crippen molar-refractivity contribution in [3.05, 3.63) is 29.8 Å². The lowest BCUT2D eigenvalue weighted by molar-refractivity contribution is 0.0449. The second-order valence-corrected chi connectivity index (χ2v) is 5.63. The lowest BCUT2D eigenvalue weighted by atomic mass is 9.94. The number of aliphatic hydroxyl groups is 1. The van der Waals surface area contributed by atoms with Crippen molar-refractivity contribution in [1.82, 2.24) is 0 Å². The molecule has 0 amide bonds. The smallest absolute Gasteiger partial charge is 0.0794 e. The highest BCUT2D eigenvalue weighted by atomic mass is 16.3. The molecule has 3 nitrogen and oxygen atoms in total. The van der Waals surface area contributed by atoms with E-state index in [-0.39, 0.29) is 6.04 Å². The SMILES string of the molecule is CC[C@@H](N)c1ccc(N2CCCC(C)(O)C2)cc1. The van der Waals surface area contributed by atoms with Gasteiger partial charge in [-0.15, -0.1) is 0 Å². The van der Waals surface area contributed by atoms with Crippen LogP contribution in [0.4, 0.5) is 5.69 Å². The van der Waals surface area contributed by atoms with Crippen molar-refractivity contribution >= 4 is 5.69 Å². The van der Waals surface area contributed by atoms with E-state index >= 15 is 0 Å². The first-order chi connectivity index (χ1) is 8.52. The quantitative estimate of drug-likeness (QED) is 0.864. The first-order valence-electron chi connectivity index (χ1n) is 6.85. The number of hydrogen-bond acceptors (Lipinski definition) is 3. The van der Waals surface area contributed by atoms with Gasteiger partial charge in [-0.2, -0.15) is 0 Å². The molecule has 0 bridgehead atoms. The molecule has 0 spiro atoms. The zero-order chi connectivity index (χ0) is 13.2. The van der Waals surface area contributed by atoms with Crippen molar-refractivity contribution in [2.24, 2.45) is 5.73 Å². The lowest BCUT2D eigenvalue weighted by Gasteiger charge is -2.38. The normalized spacial score (nSPS) is 26.1. The van der Waals surface area contributed by atoms with E-state index in [1.807, 2.05) is 6.92 Å². The second-order valence-electron chi connectivity index (χ2n) is 5.63. The van der Waals surface area contributed by atoms with Gasteiger partial charge >= 0.3 is 0 Å². The van der Waals surface area contributed by atoms with Crippen molar-refractivity contribution in [1.29, 1.82) is 0 Å². The minimum absolute atomic E-state index is 0.128. The Balaban J connectivity index is 2.09. The monoisotopic (exact) mass is 248 g/mol. The first kappa shape index (κ1) is 13.4. The Bertz CT molecular complexity index is 386. The van der Waals surface area contributed by atoms with Gasteiger partial charge in [-0.1, -0.05) is 19.1 Å². The van der Waals surface area contributed by atoms with Crippen LogP contribution in [0.3, 0.4) is 0 Å². The topological polar surface area (TPSA) is 49.5 Å². The van der Waals surface area contributed by atoms with E-state index in [0.717, 1.165) is 25.8 Å². The molecule has 18 heavy (non-hydrogen) atoms. The number of rotatable bonds is 3. The molecule has 100 valence electrons. The predicted molar refractivity (Wildman–Crippen MR) is 75.7 cm³/mol. The fourth-order valence-corrected chi connectivity index (χ4v) is 2.61. The molecule has 1 aliphatic heterocycles. The number of piperidine rings is 1. The number of β-amino-alcohol motifs (C(OH)–C–C–N with tert-alkyl or cyclic N) is 1. The van der Waals surface area contributed by atoms with Crippen LogP contribution in [-0.2, 0) is 0 Å². The van der Waals surface area contributed by atoms with Crippen LogP contribution in [0.1, 0.15) is 44.7 Å². The molecule has 1 aromatic rings. The standard InChI is InChI=1S/C15H24N2O/c1-3-14(16)12-5-7-13(8-6-12)17-10-4-9-15(2,18)11-17/h5-8,14,18H,3-4,9-11,16H2,1-2H3/t14-,15?/m1/s1. The van der Waals surface area contributed by atoms with E-state index in [1.165, 1.54) is 11.3 Å². The van der Waals surface area contributed by atoms with E-state index in [2.05, 4.69) is 36.1 Å². The Labute approximate surface area is 110 Å². The zero-order valence-electron chi connectivity index (χ0n) is 11.4. The molecule has 0 aromatic heterocycles. The molecule has 1 fully saturated rings. The molecule has 0 radical (unpaired) electrons. The molecule has 1 aromatic carbocycles. The van der Waals surface area contributed by atoms with Crippen molar-refractivity contribution in [3.63, 3.8) is 0 Å². The molecule has 0 aliphatic carbocycles. The van der Waals surface area contributed by atoms with Gasteiger partial charge in [0.05, 0.1) is 5.60 Å². The fraction of sp³-hybridized carbons (Fsp3) is 0.600. The van der Waals surface area contributed by atoms with Crippen LogP contribution in [0.5, 0.6) is 0 Å². The zero-order valence-corrected chi connectivity index (χ0v) is 11.4. The van der Waals surface area contributed by atoms with Crippen LogP contribution < -0.4 is 10.6 Å². The minimum atomic E-state index is -0.559. The molecule has 1 saturated heterocycles. The summed E-state index contributed by atoms with van der Waals surface area (Å²) < 4.78 is 0. The van der Waals surface area contributed by atoms with Crippen molar-refractivity contribution < 1.29 is 5.11 Å². The van der Waals surface area contributed by atoms with E-state index in [9.17, 15) is 5.11 Å². The summed E-state index contributed by atoms with van der Waals surface area (Å²) in [7, 11) is 0. The van der Waals surface area contributed by atoms with Crippen LogP contribution in [0.15, 0.2) is 24.3 Å². The van der Waals surface area contributed by atoms with Gasteiger partial charge in [0.15, 0.2) is 0 Å². The van der Waals surface area contributed by atoms with Crippen LogP contribution in [-0.4, -0.2) is 23.8 Å². The first-order valence-corrected chi connectivity index (χ1v) is 6.85. The summed E-state index contributed by atoms with van der Waals surface area (Å²) in [5, 5.41) is 10.1. The second kappa shape index (κ2) is 5.29. The highest BCUT2D eigenvalue weighted by molar-refractivity contribution is 5.48. The number of anilines is 1. The Morgan fingerprint density at radius 3 is 2.61 bits per heavy atom. The van der Waals surface area contributed by atoms with Gasteiger partial charge in [0, 0.05) is 24.8 Å². The Morgan fingerprint density at radius 2 is 2.06 bits per heavy atom. The van der Waals surface area contributed by atoms with Crippen LogP contribution >= 0.6 is 0 Å². The van der Waals surface area contributed by atoms with Gasteiger partial charge in [0.25, 0.3) is 0 Å². The summed E-state index contributed by atoms with van der Waals surface area (Å²) in [5.74, 6) is 0. The molecular weight excluding hydrogens is 224 g/mol. The minimum Gasteiger partial charge on any atom is -0.388 e. The average molecular weight is 248 g/mol. The number of nitrogens with zero attached hydrogens (tertiary/aromatic N) is 1. The van der Waals surface area contributed by atoms with Crippen LogP contribution in [0.2, 0.25) is 0 Å². The summed E-state index contributed by atoms with van der Waals surface area (Å²) in [6, 6.07) is 8.57. The third-order valence-electron chi connectivity index (χ3n) is 3.80. The molecular formula is C15H24N2O. The van der Waals surface area contributed by atoms with Crippen molar-refractivity contribution in [2.75, 3.05) is 18.0 Å². The van der Waals surface area contributed by atoms with Gasteiger partial charge < -0.3 is 15.7 Å². The highest BCUT2D eigenvalue weighted by Crippen LogP contribution is 2.26. The van der Waals surface area contributed by atoms with Crippen LogP contribution in [0, 0.1) is 0 Å². The maximum absolute atomic E-state index is 10.1. The average Bonchev–Trinajstić information content (AvgIpc) is 2.37. The molecule has 3 N–H and O–H groups in total. The summed E-state index contributed by atoms with van der Waals surface area (Å²) in [4.78, 5) is 2.25. The lowest BCUT2D eigenvalue weighted by Crippen LogP contribution is -2.46. The number of benzene rings is 1. The van der Waals surface area contributed by atoms with Crippen LogP contribution in [0.25, 0.3) is 0 Å². The number of hydrogen-bond donors (Lipinski definition) is 2. The molecule has 1 aliphatic rings. The largest absolute Gasteiger partial charge is 0.388 e. The molecule has 0 saturated carbocycles. The molecule has 2 atom stereocenters. The third kappa shape index (κ3) is 3.03. The fourth-order valence-electron chi connectivity index (χ4n) is 2.61. The maximum Gasteiger partial charge on any atom is 0.0794 e. The van der Waals surface area contributed by atoms with Gasteiger partial charge in [0.2, 0.25) is 0 Å². The van der Waals surface area contributed by atoms with Gasteiger partial charge in [-0.25, -0.2) is 0 Å². The molecule has 1 unspecified atom stereocenters. The van der Waals surface area contributed by atoms with E-state index in [4.69, 9.17) is 5.73 Å². The highest BCUT2D eigenvalue weighted by Gasteiger charge is 2.28. The summed E-state index contributed by atoms with van der Waals surface area (Å²) in [6.45, 7) is 5.75. The van der Waals surface area contributed by atoms with E-state index in [0.29, 0.717) is 6.54 Å². The Morgan fingerprint density at radius 1 is 1.39 bits per heavy atom. The van der Waals surface area contributed by atoms with Gasteiger partial charge in [-0.3, -0.25) is 0 Å². The third-order valence-corrected chi connectivity index (χ3v) is 3.80. The Kier molecular flexibility index (Phi) is 3.93. The van der Waals surface area contributed by atoms with Gasteiger partial charge in [-0.05, 0) is 43.9 Å².